The van der Waals surface area contributed by atoms with Crippen LogP contribution in [0, 0.1) is 10.1 Å². The quantitative estimate of drug-likeness (QED) is 0.362. The van der Waals surface area contributed by atoms with Crippen LogP contribution >= 0.6 is 0 Å². The van der Waals surface area contributed by atoms with Crippen LogP contribution in [0.1, 0.15) is 15.9 Å². The van der Waals surface area contributed by atoms with E-state index in [0.29, 0.717) is 17.0 Å². The number of alkyl halides is 5. The minimum Gasteiger partial charge on any atom is -0.325 e. The molecule has 0 unspecified atom stereocenters. The molecule has 162 valence electrons. The van der Waals surface area contributed by atoms with Gasteiger partial charge >= 0.3 is 11.9 Å². The summed E-state index contributed by atoms with van der Waals surface area (Å²) in [5.74, 6) is -4.93. The fourth-order valence-electron chi connectivity index (χ4n) is 2.52. The molecule has 0 atom stereocenters. The third-order valence-electron chi connectivity index (χ3n) is 3.87. The van der Waals surface area contributed by atoms with Crippen LogP contribution in [-0.2, 0) is 16.4 Å². The van der Waals surface area contributed by atoms with Gasteiger partial charge in [-0.1, -0.05) is 18.2 Å². The molecule has 0 saturated heterocycles. The molecule has 0 aromatic heterocycles. The molecule has 2 aromatic carbocycles. The molecule has 0 aliphatic carbocycles. The van der Waals surface area contributed by atoms with Gasteiger partial charge in [0, 0.05) is 17.2 Å². The van der Waals surface area contributed by atoms with Crippen molar-refractivity contribution in [2.75, 3.05) is 6.54 Å². The molecule has 0 aliphatic heterocycles. The van der Waals surface area contributed by atoms with Crippen molar-refractivity contribution in [3.8, 4) is 0 Å². The first-order valence-corrected chi connectivity index (χ1v) is 9.58. The molecule has 0 radical (unpaired) electrons. The molecule has 0 aliphatic rings. The molecule has 0 heterocycles. The van der Waals surface area contributed by atoms with Gasteiger partial charge in [0.2, 0.25) is 9.84 Å². The van der Waals surface area contributed by atoms with Gasteiger partial charge in [-0.2, -0.15) is 22.0 Å². The molecule has 1 amide bonds. The van der Waals surface area contributed by atoms with Crippen molar-refractivity contribution in [3.63, 3.8) is 0 Å². The van der Waals surface area contributed by atoms with Gasteiger partial charge in [-0.25, -0.2) is 8.42 Å². The number of nitro benzene ring substituents is 1. The first kappa shape index (κ1) is 23.2. The molecule has 2 aromatic rings. The minimum atomic E-state index is -4.95. The van der Waals surface area contributed by atoms with Crippen LogP contribution in [-0.4, -0.2) is 42.6 Å². The number of halogens is 5. The Kier molecular flexibility index (Phi) is 6.75. The summed E-state index contributed by atoms with van der Waals surface area (Å²) in [7, 11) is -4.95. The van der Waals surface area contributed by atoms with Crippen LogP contribution in [0.25, 0.3) is 0 Å². The van der Waals surface area contributed by atoms with E-state index in [9.17, 15) is 45.3 Å². The lowest BCUT2D eigenvalue weighted by molar-refractivity contribution is -0.385. The Morgan fingerprint density at radius 1 is 1.07 bits per heavy atom. The predicted molar refractivity (Wildman–Crippen MR) is 93.5 cm³/mol. The highest BCUT2D eigenvalue weighted by Crippen LogP contribution is 2.25. The van der Waals surface area contributed by atoms with Crippen molar-refractivity contribution >= 4 is 21.4 Å². The van der Waals surface area contributed by atoms with Gasteiger partial charge in [0.1, 0.15) is 6.54 Å². The number of carbonyl (C=O) groups is 1. The van der Waals surface area contributed by atoms with E-state index in [4.69, 9.17) is 0 Å². The summed E-state index contributed by atoms with van der Waals surface area (Å²) in [5, 5.41) is 11.1. The van der Waals surface area contributed by atoms with E-state index in [0.717, 1.165) is 18.2 Å². The average Bonchev–Trinajstić information content (AvgIpc) is 2.66. The van der Waals surface area contributed by atoms with Crippen LogP contribution in [0.3, 0.4) is 0 Å². The van der Waals surface area contributed by atoms with E-state index in [-0.39, 0.29) is 5.56 Å². The van der Waals surface area contributed by atoms with E-state index in [1.54, 1.807) is 0 Å². The third kappa shape index (κ3) is 5.49. The highest BCUT2D eigenvalue weighted by Gasteiger charge is 2.34. The summed E-state index contributed by atoms with van der Waals surface area (Å²) in [4.78, 5) is 22.3. The summed E-state index contributed by atoms with van der Waals surface area (Å²) < 4.78 is 86.9. The Hall–Kier alpha value is -3.09. The van der Waals surface area contributed by atoms with Crippen molar-refractivity contribution in [1.29, 1.82) is 0 Å². The summed E-state index contributed by atoms with van der Waals surface area (Å²) in [6.45, 7) is -2.50. The van der Waals surface area contributed by atoms with Gasteiger partial charge in [0.15, 0.2) is 0 Å². The Morgan fingerprint density at radius 3 is 2.13 bits per heavy atom. The minimum absolute atomic E-state index is 0.156. The first-order valence-electron chi connectivity index (χ1n) is 8.03. The smallest absolute Gasteiger partial charge is 0.325 e. The van der Waals surface area contributed by atoms with Crippen molar-refractivity contribution in [3.05, 3.63) is 69.8 Å². The van der Waals surface area contributed by atoms with E-state index in [1.807, 2.05) is 0 Å². The van der Waals surface area contributed by atoms with Crippen LogP contribution in [0.4, 0.5) is 27.6 Å². The van der Waals surface area contributed by atoms with Gasteiger partial charge in [-0.15, -0.1) is 0 Å². The normalized spacial score (nSPS) is 12.1. The number of benzene rings is 2. The van der Waals surface area contributed by atoms with Crippen molar-refractivity contribution in [2.24, 2.45) is 0 Å². The number of para-hydroxylation sites is 1. The highest BCUT2D eigenvalue weighted by atomic mass is 32.2. The standard InChI is InChI=1S/C17H13F5N2O5S/c18-16(19)30(28,29)13-7-5-11(6-8-13)15(25)23(10-17(20,21)22)9-12-3-1-2-4-14(12)24(26)27/h1-8,16H,9-10H2. The molecule has 2 rings (SSSR count). The first-order chi connectivity index (χ1) is 13.8. The number of nitrogens with zero attached hydrogens (tertiary/aromatic N) is 2. The number of hydrogen-bond acceptors (Lipinski definition) is 5. The summed E-state index contributed by atoms with van der Waals surface area (Å²) in [6, 6.07) is 7.84. The zero-order chi connectivity index (χ0) is 22.7. The lowest BCUT2D eigenvalue weighted by atomic mass is 10.1. The molecule has 0 N–H and O–H groups in total. The lowest BCUT2D eigenvalue weighted by Gasteiger charge is -2.24. The zero-order valence-electron chi connectivity index (χ0n) is 14.8. The van der Waals surface area contributed by atoms with Gasteiger partial charge in [-0.3, -0.25) is 14.9 Å². The van der Waals surface area contributed by atoms with Crippen molar-refractivity contribution in [1.82, 2.24) is 4.90 Å². The van der Waals surface area contributed by atoms with E-state index < -0.39 is 61.8 Å². The molecule has 0 bridgehead atoms. The number of sulfone groups is 1. The van der Waals surface area contributed by atoms with Gasteiger partial charge in [0.25, 0.3) is 11.6 Å². The lowest BCUT2D eigenvalue weighted by Crippen LogP contribution is -2.38. The summed E-state index contributed by atoms with van der Waals surface area (Å²) >= 11 is 0. The zero-order valence-corrected chi connectivity index (χ0v) is 15.7. The SMILES string of the molecule is O=C(c1ccc(S(=O)(=O)C(F)F)cc1)N(Cc1ccccc1[N+](=O)[O-])CC(F)(F)F. The second kappa shape index (κ2) is 8.73. The summed E-state index contributed by atoms with van der Waals surface area (Å²) in [5.41, 5.74) is -1.06. The molecule has 0 fully saturated rings. The number of hydrogen-bond donors (Lipinski definition) is 0. The maximum Gasteiger partial charge on any atom is 0.406 e. The molecular weight excluding hydrogens is 439 g/mol. The fourth-order valence-corrected chi connectivity index (χ4v) is 3.24. The Bertz CT molecular complexity index is 1040. The van der Waals surface area contributed by atoms with E-state index in [2.05, 4.69) is 0 Å². The van der Waals surface area contributed by atoms with Crippen LogP contribution in [0.5, 0.6) is 0 Å². The van der Waals surface area contributed by atoms with Crippen LogP contribution in [0.2, 0.25) is 0 Å². The topological polar surface area (TPSA) is 97.6 Å². The fraction of sp³-hybridized carbons (Fsp3) is 0.235. The molecule has 0 spiro atoms. The molecular formula is C17H13F5N2O5S. The van der Waals surface area contributed by atoms with Gasteiger partial charge in [-0.05, 0) is 24.3 Å². The summed E-state index contributed by atoms with van der Waals surface area (Å²) in [6.07, 6.45) is -4.84. The highest BCUT2D eigenvalue weighted by molar-refractivity contribution is 7.91. The van der Waals surface area contributed by atoms with Crippen LogP contribution < -0.4 is 0 Å². The van der Waals surface area contributed by atoms with E-state index in [1.165, 1.54) is 18.2 Å². The number of amides is 1. The monoisotopic (exact) mass is 452 g/mol. The Balaban J connectivity index is 2.38. The number of nitro groups is 1. The molecule has 7 nitrogen and oxygen atoms in total. The number of rotatable bonds is 7. The Morgan fingerprint density at radius 2 is 1.63 bits per heavy atom. The second-order valence-corrected chi connectivity index (χ2v) is 7.91. The average molecular weight is 452 g/mol. The maximum absolute atomic E-state index is 13.0. The van der Waals surface area contributed by atoms with E-state index >= 15 is 0 Å². The number of carbonyl (C=O) groups excluding carboxylic acids is 1. The third-order valence-corrected chi connectivity index (χ3v) is 5.27. The maximum atomic E-state index is 13.0. The second-order valence-electron chi connectivity index (χ2n) is 5.99. The van der Waals surface area contributed by atoms with Crippen molar-refractivity contribution in [2.45, 2.75) is 23.4 Å². The van der Waals surface area contributed by atoms with Crippen LogP contribution in [0.15, 0.2) is 53.4 Å². The Labute approximate surface area is 166 Å². The van der Waals surface area contributed by atoms with Crippen molar-refractivity contribution < 1.29 is 40.1 Å². The van der Waals surface area contributed by atoms with Gasteiger partial charge in [0.05, 0.1) is 16.4 Å². The molecule has 0 saturated carbocycles. The molecule has 30 heavy (non-hydrogen) atoms. The predicted octanol–water partition coefficient (Wildman–Crippen LogP) is 3.80. The van der Waals surface area contributed by atoms with Gasteiger partial charge < -0.3 is 4.90 Å². The largest absolute Gasteiger partial charge is 0.406 e. The molecule has 13 heteroatoms.